The van der Waals surface area contributed by atoms with Gasteiger partial charge in [0.05, 0.1) is 13.0 Å². The average molecular weight is 347 g/mol. The van der Waals surface area contributed by atoms with Gasteiger partial charge in [0.25, 0.3) is 0 Å². The molecule has 0 atom stereocenters. The van der Waals surface area contributed by atoms with Crippen LogP contribution in [0.4, 0.5) is 9.18 Å². The van der Waals surface area contributed by atoms with Crippen LogP contribution in [-0.2, 0) is 16.0 Å². The number of aromatic nitrogens is 1. The van der Waals surface area contributed by atoms with Gasteiger partial charge in [0.15, 0.2) is 0 Å². The van der Waals surface area contributed by atoms with Gasteiger partial charge in [-0.15, -0.1) is 0 Å². The topological polar surface area (TPSA) is 74.4 Å². The summed E-state index contributed by atoms with van der Waals surface area (Å²) in [5.41, 5.74) is 1.59. The molecular weight excluding hydrogens is 325 g/mol. The lowest BCUT2D eigenvalue weighted by molar-refractivity contribution is -0.121. The molecule has 7 heteroatoms. The highest BCUT2D eigenvalue weighted by atomic mass is 19.1. The summed E-state index contributed by atoms with van der Waals surface area (Å²) in [7, 11) is 0. The minimum atomic E-state index is -0.319. The number of nitrogens with zero attached hydrogens (tertiary/aromatic N) is 1. The first-order valence-corrected chi connectivity index (χ1v) is 8.53. The van der Waals surface area contributed by atoms with Crippen molar-refractivity contribution in [3.8, 4) is 0 Å². The zero-order valence-corrected chi connectivity index (χ0v) is 14.2. The normalized spacial score (nSPS) is 15.4. The molecule has 0 bridgehead atoms. The molecule has 134 valence electrons. The van der Waals surface area contributed by atoms with Crippen LogP contribution in [0.5, 0.6) is 0 Å². The maximum Gasteiger partial charge on any atom is 0.409 e. The summed E-state index contributed by atoms with van der Waals surface area (Å²) in [5.74, 6) is -0.417. The molecule has 1 aliphatic rings. The molecule has 0 spiro atoms. The van der Waals surface area contributed by atoms with E-state index in [9.17, 15) is 14.0 Å². The third-order valence-electron chi connectivity index (χ3n) is 4.47. The van der Waals surface area contributed by atoms with E-state index < -0.39 is 0 Å². The third-order valence-corrected chi connectivity index (χ3v) is 4.47. The second-order valence-electron chi connectivity index (χ2n) is 6.21. The number of ether oxygens (including phenoxy) is 1. The maximum absolute atomic E-state index is 13.4. The number of carbonyl (C=O) groups is 2. The summed E-state index contributed by atoms with van der Waals surface area (Å²) in [5, 5.41) is 3.73. The van der Waals surface area contributed by atoms with Crippen molar-refractivity contribution < 1.29 is 18.7 Å². The fourth-order valence-corrected chi connectivity index (χ4v) is 3.17. The third kappa shape index (κ3) is 4.10. The summed E-state index contributed by atoms with van der Waals surface area (Å²) in [6, 6.07) is 4.53. The molecule has 6 nitrogen and oxygen atoms in total. The SMILES string of the molecule is CCOC(=O)N1CCC(NC(=O)Cc2c[nH]c3ccc(F)cc23)CC1. The number of H-pyrrole nitrogens is 1. The van der Waals surface area contributed by atoms with Crippen molar-refractivity contribution >= 4 is 22.9 Å². The van der Waals surface area contributed by atoms with E-state index in [2.05, 4.69) is 10.3 Å². The van der Waals surface area contributed by atoms with Crippen molar-refractivity contribution in [3.63, 3.8) is 0 Å². The van der Waals surface area contributed by atoms with E-state index >= 15 is 0 Å². The van der Waals surface area contributed by atoms with Crippen molar-refractivity contribution in [3.05, 3.63) is 35.8 Å². The zero-order chi connectivity index (χ0) is 17.8. The van der Waals surface area contributed by atoms with Crippen molar-refractivity contribution in [2.75, 3.05) is 19.7 Å². The first-order chi connectivity index (χ1) is 12.1. The summed E-state index contributed by atoms with van der Waals surface area (Å²) in [6.07, 6.45) is 3.04. The molecule has 25 heavy (non-hydrogen) atoms. The van der Waals surface area contributed by atoms with E-state index in [-0.39, 0.29) is 30.3 Å². The molecule has 0 aliphatic carbocycles. The molecule has 2 amide bonds. The first-order valence-electron chi connectivity index (χ1n) is 8.53. The molecule has 0 radical (unpaired) electrons. The van der Waals surface area contributed by atoms with Crippen LogP contribution in [0.25, 0.3) is 10.9 Å². The van der Waals surface area contributed by atoms with E-state index in [4.69, 9.17) is 4.74 Å². The van der Waals surface area contributed by atoms with Gasteiger partial charge in [-0.2, -0.15) is 0 Å². The number of aromatic amines is 1. The van der Waals surface area contributed by atoms with E-state index in [0.29, 0.717) is 32.5 Å². The Hall–Kier alpha value is -2.57. The van der Waals surface area contributed by atoms with Crippen LogP contribution in [0.1, 0.15) is 25.3 Å². The molecule has 1 fully saturated rings. The number of halogens is 1. The average Bonchev–Trinajstić information content (AvgIpc) is 2.97. The molecule has 3 rings (SSSR count). The van der Waals surface area contributed by atoms with Gasteiger partial charge in [0.2, 0.25) is 5.91 Å². The number of fused-ring (bicyclic) bond motifs is 1. The second-order valence-corrected chi connectivity index (χ2v) is 6.21. The van der Waals surface area contributed by atoms with Crippen molar-refractivity contribution in [2.24, 2.45) is 0 Å². The number of carbonyl (C=O) groups excluding carboxylic acids is 2. The van der Waals surface area contributed by atoms with Crippen molar-refractivity contribution in [1.82, 2.24) is 15.2 Å². The highest BCUT2D eigenvalue weighted by Gasteiger charge is 2.24. The van der Waals surface area contributed by atoms with Gasteiger partial charge in [-0.05, 0) is 43.5 Å². The lowest BCUT2D eigenvalue weighted by atomic mass is 10.0. The Bertz CT molecular complexity index is 766. The molecular formula is C18H22FN3O3. The standard InChI is InChI=1S/C18H22FN3O3/c1-2-25-18(24)22-7-5-14(6-8-22)21-17(23)9-12-11-20-16-4-3-13(19)10-15(12)16/h3-4,10-11,14,20H,2,5-9H2,1H3,(H,21,23). The van der Waals surface area contributed by atoms with Gasteiger partial charge in [0.1, 0.15) is 5.82 Å². The predicted molar refractivity (Wildman–Crippen MR) is 91.7 cm³/mol. The van der Waals surface area contributed by atoms with Crippen LogP contribution >= 0.6 is 0 Å². The highest BCUT2D eigenvalue weighted by Crippen LogP contribution is 2.20. The second kappa shape index (κ2) is 7.55. The van der Waals surface area contributed by atoms with Crippen LogP contribution in [0.2, 0.25) is 0 Å². The highest BCUT2D eigenvalue weighted by molar-refractivity contribution is 5.89. The van der Waals surface area contributed by atoms with Gasteiger partial charge in [0, 0.05) is 36.2 Å². The number of amides is 2. The van der Waals surface area contributed by atoms with Crippen LogP contribution in [0.15, 0.2) is 24.4 Å². The molecule has 1 aliphatic heterocycles. The Labute approximate surface area is 145 Å². The Morgan fingerprint density at radius 3 is 2.84 bits per heavy atom. The van der Waals surface area contributed by atoms with Crippen molar-refractivity contribution in [2.45, 2.75) is 32.2 Å². The number of nitrogens with one attached hydrogen (secondary N) is 2. The van der Waals surface area contributed by atoms with Crippen LogP contribution in [-0.4, -0.2) is 47.6 Å². The minimum Gasteiger partial charge on any atom is -0.450 e. The number of hydrogen-bond donors (Lipinski definition) is 2. The van der Waals surface area contributed by atoms with E-state index in [1.165, 1.54) is 12.1 Å². The molecule has 0 saturated carbocycles. The van der Waals surface area contributed by atoms with Gasteiger partial charge >= 0.3 is 6.09 Å². The minimum absolute atomic E-state index is 0.0418. The Morgan fingerprint density at radius 2 is 2.12 bits per heavy atom. The Kier molecular flexibility index (Phi) is 5.21. The monoisotopic (exact) mass is 347 g/mol. The lowest BCUT2D eigenvalue weighted by Gasteiger charge is -2.31. The fourth-order valence-electron chi connectivity index (χ4n) is 3.17. The quantitative estimate of drug-likeness (QED) is 0.893. The fraction of sp³-hybridized carbons (Fsp3) is 0.444. The van der Waals surface area contributed by atoms with Gasteiger partial charge in [-0.3, -0.25) is 4.79 Å². The summed E-state index contributed by atoms with van der Waals surface area (Å²) >= 11 is 0. The van der Waals surface area contributed by atoms with E-state index in [1.54, 1.807) is 24.1 Å². The largest absolute Gasteiger partial charge is 0.450 e. The molecule has 0 unspecified atom stereocenters. The van der Waals surface area contributed by atoms with Crippen LogP contribution in [0, 0.1) is 5.82 Å². The number of hydrogen-bond acceptors (Lipinski definition) is 3. The molecule has 1 aromatic heterocycles. The van der Waals surface area contributed by atoms with E-state index in [1.807, 2.05) is 0 Å². The molecule has 2 aromatic rings. The summed E-state index contributed by atoms with van der Waals surface area (Å²) < 4.78 is 18.4. The number of piperidine rings is 1. The number of benzene rings is 1. The van der Waals surface area contributed by atoms with Crippen LogP contribution in [0.3, 0.4) is 0 Å². The summed E-state index contributed by atoms with van der Waals surface area (Å²) in [4.78, 5) is 28.7. The zero-order valence-electron chi connectivity index (χ0n) is 14.2. The van der Waals surface area contributed by atoms with Gasteiger partial charge in [-0.25, -0.2) is 9.18 Å². The Balaban J connectivity index is 1.53. The molecule has 1 saturated heterocycles. The molecule has 2 N–H and O–H groups in total. The lowest BCUT2D eigenvalue weighted by Crippen LogP contribution is -2.47. The predicted octanol–water partition coefficient (Wildman–Crippen LogP) is 2.59. The van der Waals surface area contributed by atoms with E-state index in [0.717, 1.165) is 16.5 Å². The van der Waals surface area contributed by atoms with Crippen molar-refractivity contribution in [1.29, 1.82) is 0 Å². The first kappa shape index (κ1) is 17.3. The number of likely N-dealkylation sites (tertiary alicyclic amines) is 1. The maximum atomic E-state index is 13.4. The smallest absolute Gasteiger partial charge is 0.409 e. The van der Waals surface area contributed by atoms with Gasteiger partial charge in [-0.1, -0.05) is 0 Å². The molecule has 1 aromatic carbocycles. The van der Waals surface area contributed by atoms with Crippen LogP contribution < -0.4 is 5.32 Å². The molecule has 2 heterocycles. The summed E-state index contributed by atoms with van der Waals surface area (Å²) in [6.45, 7) is 3.28. The Morgan fingerprint density at radius 1 is 1.36 bits per heavy atom. The number of rotatable bonds is 4. The van der Waals surface area contributed by atoms with Gasteiger partial charge < -0.3 is 19.9 Å².